The van der Waals surface area contributed by atoms with Gasteiger partial charge in [0.2, 0.25) is 17.4 Å². The molecule has 0 saturated carbocycles. The first-order chi connectivity index (χ1) is 16.7. The number of anilines is 1. The summed E-state index contributed by atoms with van der Waals surface area (Å²) in [6.45, 7) is 0.143. The molecule has 1 unspecified atom stereocenters. The number of aliphatic carboxylic acids is 1. The Morgan fingerprint density at radius 1 is 1.37 bits per heavy atom. The third-order valence-corrected chi connectivity index (χ3v) is 7.01. The van der Waals surface area contributed by atoms with E-state index >= 15 is 0 Å². The molecule has 3 amide bonds. The van der Waals surface area contributed by atoms with E-state index in [4.69, 9.17) is 11.5 Å². The largest absolute Gasteiger partial charge is 0.543 e. The van der Waals surface area contributed by atoms with Crippen molar-refractivity contribution in [1.82, 2.24) is 19.6 Å². The molecular weight excluding hydrogens is 500 g/mol. The van der Waals surface area contributed by atoms with Crippen LogP contribution in [-0.2, 0) is 25.8 Å². The van der Waals surface area contributed by atoms with Crippen LogP contribution < -0.4 is 26.5 Å². The molecule has 0 bridgehead atoms. The maximum absolute atomic E-state index is 12.9. The number of nitrogens with two attached hydrogens (primary N) is 2. The molecule has 1 fully saturated rings. The molecule has 0 aliphatic carbocycles. The van der Waals surface area contributed by atoms with E-state index in [0.717, 1.165) is 16.4 Å². The number of rotatable bonds is 8. The van der Waals surface area contributed by atoms with Gasteiger partial charge in [0.05, 0.1) is 17.2 Å². The Morgan fingerprint density at radius 2 is 2.09 bits per heavy atom. The minimum Gasteiger partial charge on any atom is -0.543 e. The highest BCUT2D eigenvalue weighted by molar-refractivity contribution is 8.00. The van der Waals surface area contributed by atoms with Crippen LogP contribution in [0.4, 0.5) is 5.13 Å². The summed E-state index contributed by atoms with van der Waals surface area (Å²) in [4.78, 5) is 58.5. The molecule has 35 heavy (non-hydrogen) atoms. The van der Waals surface area contributed by atoms with Gasteiger partial charge in [0.25, 0.3) is 11.8 Å². The van der Waals surface area contributed by atoms with E-state index in [1.807, 2.05) is 0 Å². The molecule has 5 N–H and O–H groups in total. The fourth-order valence-electron chi connectivity index (χ4n) is 3.56. The van der Waals surface area contributed by atoms with Gasteiger partial charge in [-0.1, -0.05) is 5.16 Å². The topological polar surface area (TPSA) is 210 Å². The second kappa shape index (κ2) is 9.67. The number of nitrogen functional groups attached to an aromatic ring is 1. The number of β-lactam (4-membered cyclic amide) rings is 1. The Balaban J connectivity index is 1.52. The summed E-state index contributed by atoms with van der Waals surface area (Å²) in [6.07, 6.45) is 3.15. The van der Waals surface area contributed by atoms with Crippen LogP contribution in [0.3, 0.4) is 0 Å². The normalized spacial score (nSPS) is 19.6. The second-order valence-corrected chi connectivity index (χ2v) is 9.19. The number of oxime groups is 1. The highest BCUT2D eigenvalue weighted by Crippen LogP contribution is 2.40. The van der Waals surface area contributed by atoms with Crippen molar-refractivity contribution in [1.29, 1.82) is 0 Å². The van der Waals surface area contributed by atoms with Crippen LogP contribution >= 0.6 is 23.3 Å². The van der Waals surface area contributed by atoms with Gasteiger partial charge < -0.3 is 31.5 Å². The lowest BCUT2D eigenvalue weighted by Gasteiger charge is -2.50. The summed E-state index contributed by atoms with van der Waals surface area (Å²) in [7, 11) is 1.23. The van der Waals surface area contributed by atoms with E-state index in [0.29, 0.717) is 11.1 Å². The number of nitrogens with zero attached hydrogens (tertiary/aromatic N) is 5. The first kappa shape index (κ1) is 24.1. The van der Waals surface area contributed by atoms with E-state index < -0.39 is 35.1 Å². The zero-order valence-electron chi connectivity index (χ0n) is 18.0. The number of amides is 3. The number of aromatic nitrogens is 3. The predicted octanol–water partition coefficient (Wildman–Crippen LogP) is -3.04. The minimum atomic E-state index is -1.51. The molecule has 4 rings (SSSR count). The molecule has 2 aromatic heterocycles. The van der Waals surface area contributed by atoms with Gasteiger partial charge in [-0.15, -0.1) is 11.8 Å². The Hall–Kier alpha value is -4.05. The second-order valence-electron chi connectivity index (χ2n) is 7.30. The number of carbonyl (C=O) groups is 4. The molecule has 2 aromatic rings. The van der Waals surface area contributed by atoms with Gasteiger partial charge in [-0.25, -0.2) is 4.57 Å². The maximum Gasteiger partial charge on any atom is 0.278 e. The van der Waals surface area contributed by atoms with Gasteiger partial charge in [-0.2, -0.15) is 9.36 Å². The Bertz CT molecular complexity index is 1270. The van der Waals surface area contributed by atoms with Gasteiger partial charge in [0.15, 0.2) is 24.1 Å². The predicted molar refractivity (Wildman–Crippen MR) is 120 cm³/mol. The third-order valence-electron chi connectivity index (χ3n) is 5.13. The van der Waals surface area contributed by atoms with E-state index in [9.17, 15) is 24.3 Å². The van der Waals surface area contributed by atoms with Crippen molar-refractivity contribution in [2.24, 2.45) is 10.9 Å². The number of fused-ring (bicyclic) bond motifs is 1. The van der Waals surface area contributed by atoms with Crippen molar-refractivity contribution in [3.05, 3.63) is 47.2 Å². The number of carbonyl (C=O) groups excluding carboxylic acids is 4. The van der Waals surface area contributed by atoms with Crippen molar-refractivity contribution >= 4 is 57.8 Å². The first-order valence-corrected chi connectivity index (χ1v) is 11.7. The molecule has 2 aliphatic rings. The monoisotopic (exact) mass is 518 g/mol. The van der Waals surface area contributed by atoms with Gasteiger partial charge in [0.1, 0.15) is 18.5 Å². The lowest BCUT2D eigenvalue weighted by Crippen LogP contribution is -2.71. The van der Waals surface area contributed by atoms with Crippen LogP contribution in [0.5, 0.6) is 0 Å². The number of primary amides is 1. The molecule has 2 atom stereocenters. The molecule has 0 aromatic carbocycles. The summed E-state index contributed by atoms with van der Waals surface area (Å²) < 4.78 is 5.57. The quantitative estimate of drug-likeness (QED) is 0.139. The molecular formula is C19H18N8O6S2. The molecule has 182 valence electrons. The highest BCUT2D eigenvalue weighted by atomic mass is 32.2. The summed E-state index contributed by atoms with van der Waals surface area (Å²) in [5.74, 6) is -3.31. The SMILES string of the molecule is CO/N=C(/C(=O)NC1C(=O)N2C(C(=O)[O-])=C(C[n+]3ccc(C(N)=O)cc3)CS[C@H]12)c1nsc(N)n1. The van der Waals surface area contributed by atoms with Crippen LogP contribution in [0.2, 0.25) is 0 Å². The van der Waals surface area contributed by atoms with Gasteiger partial charge in [0, 0.05) is 35.0 Å². The number of hydrogen-bond acceptors (Lipinski definition) is 12. The summed E-state index contributed by atoms with van der Waals surface area (Å²) in [5.41, 5.74) is 11.0. The van der Waals surface area contributed by atoms with Gasteiger partial charge in [-0.3, -0.25) is 19.3 Å². The number of carboxylic acids is 1. The molecule has 2 aliphatic heterocycles. The third kappa shape index (κ3) is 4.65. The van der Waals surface area contributed by atoms with Crippen LogP contribution in [0.15, 0.2) is 41.0 Å². The molecule has 16 heteroatoms. The number of nitrogens with one attached hydrogen (secondary N) is 1. The molecule has 0 radical (unpaired) electrons. The van der Waals surface area contributed by atoms with E-state index in [1.165, 1.54) is 31.0 Å². The molecule has 1 saturated heterocycles. The van der Waals surface area contributed by atoms with Gasteiger partial charge >= 0.3 is 0 Å². The maximum atomic E-state index is 12.9. The average Bonchev–Trinajstić information content (AvgIpc) is 3.26. The number of hydrogen-bond donors (Lipinski definition) is 3. The number of thioether (sulfide) groups is 1. The van der Waals surface area contributed by atoms with E-state index in [-0.39, 0.29) is 34.7 Å². The zero-order valence-corrected chi connectivity index (χ0v) is 19.7. The summed E-state index contributed by atoms with van der Waals surface area (Å²) >= 11 is 2.14. The Kier molecular flexibility index (Phi) is 6.65. The Labute approximate surface area is 205 Å². The minimum absolute atomic E-state index is 0.0660. The summed E-state index contributed by atoms with van der Waals surface area (Å²) in [6, 6.07) is 2.00. The van der Waals surface area contributed by atoms with Crippen LogP contribution in [0.1, 0.15) is 16.2 Å². The van der Waals surface area contributed by atoms with Gasteiger partial charge in [-0.05, 0) is 0 Å². The average molecular weight is 519 g/mol. The van der Waals surface area contributed by atoms with Crippen molar-refractivity contribution < 1.29 is 33.7 Å². The van der Waals surface area contributed by atoms with Crippen LogP contribution in [-0.4, -0.2) is 67.9 Å². The lowest BCUT2D eigenvalue weighted by atomic mass is 10.0. The number of carboxylic acid groups (broad SMARTS) is 1. The van der Waals surface area contributed by atoms with Crippen molar-refractivity contribution in [3.63, 3.8) is 0 Å². The number of pyridine rings is 1. The lowest BCUT2D eigenvalue weighted by molar-refractivity contribution is -0.689. The van der Waals surface area contributed by atoms with E-state index in [2.05, 4.69) is 24.7 Å². The molecule has 4 heterocycles. The highest BCUT2D eigenvalue weighted by Gasteiger charge is 2.53. The molecule has 0 spiro atoms. The van der Waals surface area contributed by atoms with E-state index in [1.54, 1.807) is 17.0 Å². The van der Waals surface area contributed by atoms with Crippen molar-refractivity contribution in [3.8, 4) is 0 Å². The summed E-state index contributed by atoms with van der Waals surface area (Å²) in [5, 5.41) is 17.6. The fraction of sp³-hybridized carbons (Fsp3) is 0.263. The van der Waals surface area contributed by atoms with Crippen molar-refractivity contribution in [2.45, 2.75) is 18.0 Å². The zero-order chi connectivity index (χ0) is 25.3. The first-order valence-electron chi connectivity index (χ1n) is 9.89. The van der Waals surface area contributed by atoms with Crippen LogP contribution in [0.25, 0.3) is 0 Å². The fourth-order valence-corrected chi connectivity index (χ4v) is 5.33. The standard InChI is InChI=1S/C19H18N8O6S2/c1-33-24-10(14-23-19(21)35-25-14)15(29)22-11-16(30)27-12(18(31)32)9(7-34-17(11)27)6-26-4-2-8(3-5-26)13(20)28/h2-5,11,17H,6-7H2,1H3,(H5-,20,21,22,23,25,28,29,31,32)/b24-10+/t11?,17-/m1/s1. The molecule has 14 nitrogen and oxygen atoms in total. The van der Waals surface area contributed by atoms with Crippen molar-refractivity contribution in [2.75, 3.05) is 18.6 Å². The smallest absolute Gasteiger partial charge is 0.278 e. The van der Waals surface area contributed by atoms with Crippen LogP contribution in [0, 0.1) is 0 Å². The Morgan fingerprint density at radius 3 is 2.66 bits per heavy atom.